The van der Waals surface area contributed by atoms with Crippen LogP contribution < -0.4 is 9.47 Å². The Morgan fingerprint density at radius 1 is 1.40 bits per heavy atom. The summed E-state index contributed by atoms with van der Waals surface area (Å²) in [5.74, 6) is 1.85. The molecule has 2 aliphatic rings. The van der Waals surface area contributed by atoms with Crippen LogP contribution >= 0.6 is 0 Å². The lowest BCUT2D eigenvalue weighted by molar-refractivity contribution is -0.116. The molecule has 106 valence electrons. The first-order valence-electron chi connectivity index (χ1n) is 6.82. The van der Waals surface area contributed by atoms with E-state index < -0.39 is 0 Å². The normalized spacial score (nSPS) is 23.5. The van der Waals surface area contributed by atoms with Crippen molar-refractivity contribution in [1.82, 2.24) is 4.90 Å². The number of nitrogens with zero attached hydrogens (tertiary/aromatic N) is 1. The Bertz CT molecular complexity index is 577. The topological polar surface area (TPSA) is 38.8 Å². The van der Waals surface area contributed by atoms with E-state index in [0.717, 1.165) is 18.0 Å². The SMILES string of the molecule is COc1ccc(CN(C)C)c2c1O[C@H]1CC(=O)C=CC21. The van der Waals surface area contributed by atoms with Gasteiger partial charge in [0.1, 0.15) is 6.10 Å². The first-order chi connectivity index (χ1) is 9.60. The van der Waals surface area contributed by atoms with Gasteiger partial charge in [-0.1, -0.05) is 12.1 Å². The van der Waals surface area contributed by atoms with E-state index in [2.05, 4.69) is 11.0 Å². The van der Waals surface area contributed by atoms with Gasteiger partial charge >= 0.3 is 0 Å². The van der Waals surface area contributed by atoms with Gasteiger partial charge in [-0.2, -0.15) is 0 Å². The van der Waals surface area contributed by atoms with Crippen LogP contribution in [0.3, 0.4) is 0 Å². The second-order valence-corrected chi connectivity index (χ2v) is 5.62. The van der Waals surface area contributed by atoms with Crippen molar-refractivity contribution >= 4 is 5.78 Å². The molecule has 1 aliphatic carbocycles. The molecule has 20 heavy (non-hydrogen) atoms. The molecular formula is C16H19NO3. The van der Waals surface area contributed by atoms with E-state index >= 15 is 0 Å². The number of rotatable bonds is 3. The summed E-state index contributed by atoms with van der Waals surface area (Å²) in [6.45, 7) is 0.848. The zero-order valence-corrected chi connectivity index (χ0v) is 12.1. The maximum atomic E-state index is 11.6. The minimum atomic E-state index is -0.0836. The highest BCUT2D eigenvalue weighted by Crippen LogP contribution is 2.49. The fourth-order valence-corrected chi connectivity index (χ4v) is 3.02. The van der Waals surface area contributed by atoms with Crippen molar-refractivity contribution in [1.29, 1.82) is 0 Å². The molecule has 2 atom stereocenters. The van der Waals surface area contributed by atoms with Gasteiger partial charge < -0.3 is 14.4 Å². The van der Waals surface area contributed by atoms with Gasteiger partial charge in [0, 0.05) is 24.4 Å². The summed E-state index contributed by atoms with van der Waals surface area (Å²) in [7, 11) is 5.74. The summed E-state index contributed by atoms with van der Waals surface area (Å²) in [4.78, 5) is 13.7. The number of hydrogen-bond acceptors (Lipinski definition) is 4. The summed E-state index contributed by atoms with van der Waals surface area (Å²) in [5.41, 5.74) is 2.41. The number of carbonyl (C=O) groups is 1. The lowest BCUT2D eigenvalue weighted by Gasteiger charge is -2.20. The van der Waals surface area contributed by atoms with Gasteiger partial charge in [0.25, 0.3) is 0 Å². The van der Waals surface area contributed by atoms with E-state index in [4.69, 9.17) is 9.47 Å². The molecule has 0 fully saturated rings. The van der Waals surface area contributed by atoms with E-state index in [1.54, 1.807) is 13.2 Å². The predicted octanol–water partition coefficient (Wildman–Crippen LogP) is 2.13. The van der Waals surface area contributed by atoms with Crippen LogP contribution in [0.5, 0.6) is 11.5 Å². The highest BCUT2D eigenvalue weighted by atomic mass is 16.5. The van der Waals surface area contributed by atoms with Crippen molar-refractivity contribution in [3.8, 4) is 11.5 Å². The van der Waals surface area contributed by atoms with E-state index in [1.165, 1.54) is 11.1 Å². The summed E-state index contributed by atoms with van der Waals surface area (Å²) in [6.07, 6.45) is 4.01. The molecule has 0 amide bonds. The Morgan fingerprint density at radius 2 is 2.20 bits per heavy atom. The monoisotopic (exact) mass is 273 g/mol. The van der Waals surface area contributed by atoms with Crippen LogP contribution in [0.4, 0.5) is 0 Å². The number of allylic oxidation sites excluding steroid dienone is 1. The van der Waals surface area contributed by atoms with Gasteiger partial charge in [-0.05, 0) is 31.8 Å². The minimum absolute atomic E-state index is 0.0836. The van der Waals surface area contributed by atoms with Gasteiger partial charge in [0.05, 0.1) is 7.11 Å². The second kappa shape index (κ2) is 4.94. The molecule has 0 saturated carbocycles. The third-order valence-electron chi connectivity index (χ3n) is 3.85. The Balaban J connectivity index is 2.08. The summed E-state index contributed by atoms with van der Waals surface area (Å²) >= 11 is 0. The fourth-order valence-electron chi connectivity index (χ4n) is 3.02. The Kier molecular flexibility index (Phi) is 3.26. The standard InChI is InChI=1S/C16H19NO3/c1-17(2)9-10-4-7-13(19-3)16-15(10)12-6-5-11(18)8-14(12)20-16/h4-7,12,14H,8-9H2,1-3H3/t12?,14-/m0/s1. The van der Waals surface area contributed by atoms with E-state index in [0.29, 0.717) is 6.42 Å². The van der Waals surface area contributed by atoms with E-state index in [1.807, 2.05) is 26.2 Å². The number of ketones is 1. The smallest absolute Gasteiger partial charge is 0.165 e. The van der Waals surface area contributed by atoms with Crippen molar-refractivity contribution in [2.24, 2.45) is 0 Å². The van der Waals surface area contributed by atoms with E-state index in [-0.39, 0.29) is 17.8 Å². The maximum Gasteiger partial charge on any atom is 0.165 e. The molecule has 0 saturated heterocycles. The molecule has 4 nitrogen and oxygen atoms in total. The highest BCUT2D eigenvalue weighted by molar-refractivity contribution is 5.91. The average Bonchev–Trinajstić information content (AvgIpc) is 2.77. The van der Waals surface area contributed by atoms with Crippen LogP contribution in [-0.4, -0.2) is 38.0 Å². The number of fused-ring (bicyclic) bond motifs is 3. The zero-order chi connectivity index (χ0) is 14.3. The van der Waals surface area contributed by atoms with Gasteiger partial charge in [0.15, 0.2) is 17.3 Å². The van der Waals surface area contributed by atoms with E-state index in [9.17, 15) is 4.79 Å². The minimum Gasteiger partial charge on any atom is -0.493 e. The van der Waals surface area contributed by atoms with Crippen molar-refractivity contribution in [2.45, 2.75) is 25.0 Å². The molecule has 0 bridgehead atoms. The molecular weight excluding hydrogens is 254 g/mol. The predicted molar refractivity (Wildman–Crippen MR) is 76.3 cm³/mol. The van der Waals surface area contributed by atoms with Gasteiger partial charge in [0.2, 0.25) is 0 Å². The Hall–Kier alpha value is -1.81. The molecule has 1 aliphatic heterocycles. The number of hydrogen-bond donors (Lipinski definition) is 0. The van der Waals surface area contributed by atoms with Crippen LogP contribution in [0, 0.1) is 0 Å². The van der Waals surface area contributed by atoms with Crippen molar-refractivity contribution in [3.05, 3.63) is 35.4 Å². The van der Waals surface area contributed by atoms with Crippen LogP contribution in [0.2, 0.25) is 0 Å². The first-order valence-corrected chi connectivity index (χ1v) is 6.82. The molecule has 0 radical (unpaired) electrons. The highest BCUT2D eigenvalue weighted by Gasteiger charge is 2.39. The number of methoxy groups -OCH3 is 1. The van der Waals surface area contributed by atoms with Crippen LogP contribution in [0.25, 0.3) is 0 Å². The largest absolute Gasteiger partial charge is 0.493 e. The molecule has 0 spiro atoms. The summed E-state index contributed by atoms with van der Waals surface area (Å²) < 4.78 is 11.4. The number of carbonyl (C=O) groups excluding carboxylic acids is 1. The molecule has 0 N–H and O–H groups in total. The molecule has 1 unspecified atom stereocenters. The molecule has 0 aromatic heterocycles. The molecule has 1 aromatic rings. The van der Waals surface area contributed by atoms with Crippen molar-refractivity contribution in [2.75, 3.05) is 21.2 Å². The number of benzene rings is 1. The maximum absolute atomic E-state index is 11.6. The zero-order valence-electron chi connectivity index (χ0n) is 12.1. The summed E-state index contributed by atoms with van der Waals surface area (Å²) in [6, 6.07) is 4.04. The third kappa shape index (κ3) is 2.10. The fraction of sp³-hybridized carbons (Fsp3) is 0.438. The summed E-state index contributed by atoms with van der Waals surface area (Å²) in [5, 5.41) is 0. The lowest BCUT2D eigenvalue weighted by atomic mass is 9.85. The van der Waals surface area contributed by atoms with Gasteiger partial charge in [-0.3, -0.25) is 4.79 Å². The number of ether oxygens (including phenoxy) is 2. The molecule has 3 rings (SSSR count). The molecule has 1 aromatic carbocycles. The Morgan fingerprint density at radius 3 is 2.90 bits per heavy atom. The lowest BCUT2D eigenvalue weighted by Crippen LogP contribution is -2.25. The van der Waals surface area contributed by atoms with Crippen molar-refractivity contribution < 1.29 is 14.3 Å². The first kappa shape index (κ1) is 13.2. The van der Waals surface area contributed by atoms with Crippen LogP contribution in [0.15, 0.2) is 24.3 Å². The van der Waals surface area contributed by atoms with Gasteiger partial charge in [-0.25, -0.2) is 0 Å². The van der Waals surface area contributed by atoms with Gasteiger partial charge in [-0.15, -0.1) is 0 Å². The average molecular weight is 273 g/mol. The van der Waals surface area contributed by atoms with Crippen molar-refractivity contribution in [3.63, 3.8) is 0 Å². The second-order valence-electron chi connectivity index (χ2n) is 5.62. The van der Waals surface area contributed by atoms with Crippen LogP contribution in [0.1, 0.15) is 23.5 Å². The third-order valence-corrected chi connectivity index (χ3v) is 3.85. The molecule has 4 heteroatoms. The van der Waals surface area contributed by atoms with Crippen LogP contribution in [-0.2, 0) is 11.3 Å². The quantitative estimate of drug-likeness (QED) is 0.845. The Labute approximate surface area is 119 Å². The molecule has 1 heterocycles.